The molecule has 4 nitrogen and oxygen atoms in total. The molecule has 0 amide bonds. The molecule has 1 saturated carbocycles. The number of rotatable bonds is 4. The fourth-order valence-corrected chi connectivity index (χ4v) is 4.27. The van der Waals surface area contributed by atoms with E-state index in [2.05, 4.69) is 4.72 Å². The predicted molar refractivity (Wildman–Crippen MR) is 84.2 cm³/mol. The zero-order chi connectivity index (χ0) is 14.9. The number of hydrogen-bond donors (Lipinski definition) is 2. The summed E-state index contributed by atoms with van der Waals surface area (Å²) in [6, 6.07) is 4.97. The van der Waals surface area contributed by atoms with Gasteiger partial charge in [-0.2, -0.15) is 0 Å². The van der Waals surface area contributed by atoms with Crippen LogP contribution in [0.5, 0.6) is 0 Å². The Hall–Kier alpha value is -0.980. The van der Waals surface area contributed by atoms with Crippen molar-refractivity contribution in [1.82, 2.24) is 4.72 Å². The molecule has 0 aromatic heterocycles. The Morgan fingerprint density at radius 3 is 2.60 bits per heavy atom. The molecule has 2 atom stereocenters. The highest BCUT2D eigenvalue weighted by molar-refractivity contribution is 7.89. The summed E-state index contributed by atoms with van der Waals surface area (Å²) in [6.45, 7) is 3.86. The van der Waals surface area contributed by atoms with Crippen LogP contribution in [-0.2, 0) is 10.0 Å². The molecule has 3 N–H and O–H groups in total. The van der Waals surface area contributed by atoms with E-state index < -0.39 is 10.0 Å². The molecule has 2 rings (SSSR count). The van der Waals surface area contributed by atoms with Gasteiger partial charge in [-0.3, -0.25) is 0 Å². The summed E-state index contributed by atoms with van der Waals surface area (Å²) in [5.74, 6) is -0.0358. The summed E-state index contributed by atoms with van der Waals surface area (Å²) in [7, 11) is -3.51. The molecule has 2 unspecified atom stereocenters. The standard InChI is InChI=1S/C14H20N2O2S2/c1-9-6-7-11(8-10(9)2)20(17,18)16-13-5-3-4-12(13)14(15)19/h6-8,12-13,16H,3-5H2,1-2H3,(H2,15,19). The lowest BCUT2D eigenvalue weighted by molar-refractivity contribution is 0.525. The first-order chi connectivity index (χ1) is 9.31. The van der Waals surface area contributed by atoms with Crippen LogP contribution in [0.15, 0.2) is 23.1 Å². The van der Waals surface area contributed by atoms with E-state index in [4.69, 9.17) is 18.0 Å². The first-order valence-electron chi connectivity index (χ1n) is 6.70. The molecule has 6 heteroatoms. The van der Waals surface area contributed by atoms with Gasteiger partial charge in [0.2, 0.25) is 10.0 Å². The highest BCUT2D eigenvalue weighted by atomic mass is 32.2. The molecule has 1 aliphatic rings. The van der Waals surface area contributed by atoms with Gasteiger partial charge in [0.15, 0.2) is 0 Å². The van der Waals surface area contributed by atoms with Gasteiger partial charge < -0.3 is 5.73 Å². The highest BCUT2D eigenvalue weighted by Crippen LogP contribution is 2.27. The third-order valence-electron chi connectivity index (χ3n) is 3.98. The summed E-state index contributed by atoms with van der Waals surface area (Å²) >= 11 is 5.02. The maximum absolute atomic E-state index is 12.4. The SMILES string of the molecule is Cc1ccc(S(=O)(=O)NC2CCCC2C(N)=S)cc1C. The Bertz CT molecular complexity index is 626. The Balaban J connectivity index is 2.22. The molecular weight excluding hydrogens is 292 g/mol. The summed E-state index contributed by atoms with van der Waals surface area (Å²) in [4.78, 5) is 0.699. The molecular formula is C14H20N2O2S2. The van der Waals surface area contributed by atoms with Crippen LogP contribution in [0.25, 0.3) is 0 Å². The Labute approximate surface area is 125 Å². The molecule has 0 saturated heterocycles. The minimum atomic E-state index is -3.51. The smallest absolute Gasteiger partial charge is 0.240 e. The quantitative estimate of drug-likeness (QED) is 0.835. The molecule has 0 radical (unpaired) electrons. The summed E-state index contributed by atoms with van der Waals surface area (Å²) in [5, 5.41) is 0. The zero-order valence-electron chi connectivity index (χ0n) is 11.7. The molecule has 0 aliphatic heterocycles. The normalized spacial score (nSPS) is 22.9. The van der Waals surface area contributed by atoms with E-state index in [0.29, 0.717) is 9.88 Å². The zero-order valence-corrected chi connectivity index (χ0v) is 13.4. The van der Waals surface area contributed by atoms with Crippen LogP contribution in [0.1, 0.15) is 30.4 Å². The van der Waals surface area contributed by atoms with Crippen LogP contribution in [0, 0.1) is 19.8 Å². The number of hydrogen-bond acceptors (Lipinski definition) is 3. The van der Waals surface area contributed by atoms with Gasteiger partial charge >= 0.3 is 0 Å². The van der Waals surface area contributed by atoms with E-state index in [1.165, 1.54) is 0 Å². The molecule has 1 aromatic carbocycles. The molecule has 20 heavy (non-hydrogen) atoms. The Kier molecular flexibility index (Phi) is 4.46. The number of benzene rings is 1. The summed E-state index contributed by atoms with van der Waals surface area (Å²) in [6.07, 6.45) is 2.59. The van der Waals surface area contributed by atoms with Gasteiger partial charge in [0.05, 0.1) is 9.88 Å². The lowest BCUT2D eigenvalue weighted by Gasteiger charge is -2.20. The van der Waals surface area contributed by atoms with Crippen molar-refractivity contribution in [3.05, 3.63) is 29.3 Å². The average molecular weight is 312 g/mol. The van der Waals surface area contributed by atoms with Gasteiger partial charge in [-0.1, -0.05) is 24.7 Å². The average Bonchev–Trinajstić information content (AvgIpc) is 2.80. The van der Waals surface area contributed by atoms with E-state index in [9.17, 15) is 8.42 Å². The fourth-order valence-electron chi connectivity index (χ4n) is 2.59. The monoisotopic (exact) mass is 312 g/mol. The van der Waals surface area contributed by atoms with Crippen LogP contribution in [0.3, 0.4) is 0 Å². The largest absolute Gasteiger partial charge is 0.393 e. The lowest BCUT2D eigenvalue weighted by atomic mass is 10.1. The second-order valence-corrected chi connectivity index (χ2v) is 7.60. The fraction of sp³-hybridized carbons (Fsp3) is 0.500. The van der Waals surface area contributed by atoms with Crippen molar-refractivity contribution in [3.63, 3.8) is 0 Å². The van der Waals surface area contributed by atoms with Crippen LogP contribution >= 0.6 is 12.2 Å². The number of nitrogens with one attached hydrogen (secondary N) is 1. The molecule has 0 spiro atoms. The topological polar surface area (TPSA) is 72.2 Å². The highest BCUT2D eigenvalue weighted by Gasteiger charge is 2.32. The third-order valence-corrected chi connectivity index (χ3v) is 5.77. The van der Waals surface area contributed by atoms with Crippen LogP contribution in [0.4, 0.5) is 0 Å². The van der Waals surface area contributed by atoms with Crippen molar-refractivity contribution >= 4 is 27.2 Å². The molecule has 110 valence electrons. The van der Waals surface area contributed by atoms with E-state index in [0.717, 1.165) is 30.4 Å². The molecule has 0 bridgehead atoms. The first-order valence-corrected chi connectivity index (χ1v) is 8.59. The van der Waals surface area contributed by atoms with Crippen molar-refractivity contribution in [2.24, 2.45) is 11.7 Å². The van der Waals surface area contributed by atoms with Gasteiger partial charge in [0, 0.05) is 12.0 Å². The van der Waals surface area contributed by atoms with E-state index in [1.807, 2.05) is 19.9 Å². The van der Waals surface area contributed by atoms with Crippen LogP contribution in [0.2, 0.25) is 0 Å². The second kappa shape index (κ2) is 5.79. The first kappa shape index (κ1) is 15.4. The van der Waals surface area contributed by atoms with E-state index in [-0.39, 0.29) is 12.0 Å². The minimum Gasteiger partial charge on any atom is -0.393 e. The van der Waals surface area contributed by atoms with Gasteiger partial charge in [0.25, 0.3) is 0 Å². The second-order valence-electron chi connectivity index (χ2n) is 5.41. The number of aryl methyl sites for hydroxylation is 2. The molecule has 1 fully saturated rings. The van der Waals surface area contributed by atoms with Gasteiger partial charge in [-0.05, 0) is 49.9 Å². The maximum Gasteiger partial charge on any atom is 0.240 e. The van der Waals surface area contributed by atoms with Gasteiger partial charge in [-0.25, -0.2) is 13.1 Å². The van der Waals surface area contributed by atoms with Crippen molar-refractivity contribution < 1.29 is 8.42 Å². The van der Waals surface area contributed by atoms with Gasteiger partial charge in [0.1, 0.15) is 0 Å². The lowest BCUT2D eigenvalue weighted by Crippen LogP contribution is -2.41. The number of nitrogens with two attached hydrogens (primary N) is 1. The van der Waals surface area contributed by atoms with Crippen molar-refractivity contribution in [1.29, 1.82) is 0 Å². The number of thiocarbonyl (C=S) groups is 1. The molecule has 0 heterocycles. The summed E-state index contributed by atoms with van der Waals surface area (Å²) in [5.41, 5.74) is 7.72. The van der Waals surface area contributed by atoms with Crippen molar-refractivity contribution in [3.8, 4) is 0 Å². The predicted octanol–water partition coefficient (Wildman–Crippen LogP) is 2.04. The molecule has 1 aliphatic carbocycles. The van der Waals surface area contributed by atoms with Crippen LogP contribution < -0.4 is 10.5 Å². The van der Waals surface area contributed by atoms with Crippen molar-refractivity contribution in [2.75, 3.05) is 0 Å². The minimum absolute atomic E-state index is 0.0358. The maximum atomic E-state index is 12.4. The molecule has 1 aromatic rings. The third kappa shape index (κ3) is 3.19. The van der Waals surface area contributed by atoms with E-state index >= 15 is 0 Å². The van der Waals surface area contributed by atoms with E-state index in [1.54, 1.807) is 12.1 Å². The van der Waals surface area contributed by atoms with Crippen LogP contribution in [-0.4, -0.2) is 19.4 Å². The Morgan fingerprint density at radius 2 is 2.00 bits per heavy atom. The summed E-state index contributed by atoms with van der Waals surface area (Å²) < 4.78 is 27.6. The Morgan fingerprint density at radius 1 is 1.30 bits per heavy atom. The van der Waals surface area contributed by atoms with Crippen molar-refractivity contribution in [2.45, 2.75) is 44.0 Å². The number of sulfonamides is 1. The van der Waals surface area contributed by atoms with Gasteiger partial charge in [-0.15, -0.1) is 0 Å².